The molecule has 6 aromatic rings. The van der Waals surface area contributed by atoms with E-state index < -0.39 is 0 Å². The number of ether oxygens (including phenoxy) is 1. The smallest absolute Gasteiger partial charge is 0.182 e. The van der Waals surface area contributed by atoms with Crippen molar-refractivity contribution in [2.75, 3.05) is 29.9 Å². The number of aliphatic hydroxyl groups excluding tert-OH is 1. The third-order valence-electron chi connectivity index (χ3n) is 9.64. The lowest BCUT2D eigenvalue weighted by Gasteiger charge is -2.40. The molecule has 7 heterocycles. The van der Waals surface area contributed by atoms with Crippen LogP contribution in [0.1, 0.15) is 50.9 Å². The maximum atomic E-state index is 10.6. The number of halogens is 1. The third-order valence-corrected chi connectivity index (χ3v) is 10.0. The monoisotopic (exact) mass is 665 g/mol. The highest BCUT2D eigenvalue weighted by Gasteiger charge is 2.36. The van der Waals surface area contributed by atoms with Crippen LogP contribution >= 0.6 is 11.6 Å². The van der Waals surface area contributed by atoms with Crippen LogP contribution in [0.25, 0.3) is 44.4 Å². The van der Waals surface area contributed by atoms with Gasteiger partial charge in [0.05, 0.1) is 40.1 Å². The van der Waals surface area contributed by atoms with Gasteiger partial charge in [0.1, 0.15) is 22.7 Å². The minimum atomic E-state index is -0.390. The fourth-order valence-electron chi connectivity index (χ4n) is 6.77. The average Bonchev–Trinajstić information content (AvgIpc) is 3.68. The first-order valence-electron chi connectivity index (χ1n) is 16.3. The lowest BCUT2D eigenvalue weighted by molar-refractivity contribution is -0.0368. The maximum absolute atomic E-state index is 10.6. The summed E-state index contributed by atoms with van der Waals surface area (Å²) < 4.78 is 9.75. The second-order valence-corrected chi connectivity index (χ2v) is 13.3. The zero-order valence-corrected chi connectivity index (χ0v) is 27.6. The predicted molar refractivity (Wildman–Crippen MR) is 185 cm³/mol. The van der Waals surface area contributed by atoms with E-state index in [9.17, 15) is 5.11 Å². The van der Waals surface area contributed by atoms with E-state index in [2.05, 4.69) is 32.2 Å². The second-order valence-electron chi connectivity index (χ2n) is 12.9. The van der Waals surface area contributed by atoms with Crippen LogP contribution in [0.3, 0.4) is 0 Å². The SMILES string of the molecule is Cn1cc2c(Cl)c(-c3nn(C4CCCCO4)c4nc(N5CCC(C)(C(=N)Nc6cnc7cccnc7c6)CC5)c(CO)nc34)ccc2n1. The van der Waals surface area contributed by atoms with Gasteiger partial charge in [-0.3, -0.25) is 20.1 Å². The molecule has 1 aromatic carbocycles. The van der Waals surface area contributed by atoms with Gasteiger partial charge in [-0.05, 0) is 62.4 Å². The van der Waals surface area contributed by atoms with E-state index >= 15 is 0 Å². The predicted octanol–water partition coefficient (Wildman–Crippen LogP) is 5.86. The fourth-order valence-corrected chi connectivity index (χ4v) is 7.07. The zero-order valence-electron chi connectivity index (χ0n) is 26.8. The van der Waals surface area contributed by atoms with Crippen molar-refractivity contribution in [1.29, 1.82) is 5.41 Å². The van der Waals surface area contributed by atoms with Gasteiger partial charge in [0.2, 0.25) is 0 Å². The molecular formula is C34H36ClN11O2. The number of amidine groups is 1. The van der Waals surface area contributed by atoms with Crippen molar-refractivity contribution in [3.63, 3.8) is 0 Å². The van der Waals surface area contributed by atoms with E-state index in [4.69, 9.17) is 36.8 Å². The molecule has 0 spiro atoms. The highest BCUT2D eigenvalue weighted by molar-refractivity contribution is 6.38. The summed E-state index contributed by atoms with van der Waals surface area (Å²) in [6.45, 7) is 3.74. The second kappa shape index (κ2) is 12.1. The molecule has 48 heavy (non-hydrogen) atoms. The Balaban J connectivity index is 1.11. The molecule has 2 aliphatic rings. The molecular weight excluding hydrogens is 630 g/mol. The number of hydrogen-bond donors (Lipinski definition) is 3. The maximum Gasteiger partial charge on any atom is 0.182 e. The van der Waals surface area contributed by atoms with Crippen molar-refractivity contribution in [3.05, 3.63) is 59.6 Å². The summed E-state index contributed by atoms with van der Waals surface area (Å²) in [7, 11) is 1.86. The Kier molecular flexibility index (Phi) is 7.69. The Bertz CT molecular complexity index is 2180. The Labute approximate surface area is 281 Å². The quantitative estimate of drug-likeness (QED) is 0.145. The van der Waals surface area contributed by atoms with Crippen molar-refractivity contribution in [1.82, 2.24) is 39.5 Å². The molecule has 0 saturated carbocycles. The number of piperidine rings is 1. The molecule has 1 unspecified atom stereocenters. The van der Waals surface area contributed by atoms with Crippen molar-refractivity contribution in [2.45, 2.75) is 51.9 Å². The zero-order chi connectivity index (χ0) is 33.0. The van der Waals surface area contributed by atoms with Crippen LogP contribution in [0.15, 0.2) is 48.9 Å². The summed E-state index contributed by atoms with van der Waals surface area (Å²) in [5, 5.41) is 33.7. The highest BCUT2D eigenvalue weighted by Crippen LogP contribution is 2.40. The molecule has 14 heteroatoms. The van der Waals surface area contributed by atoms with E-state index in [1.54, 1.807) is 17.1 Å². The molecule has 5 aromatic heterocycles. The molecule has 2 aliphatic heterocycles. The van der Waals surface area contributed by atoms with Crippen LogP contribution in [0.2, 0.25) is 5.02 Å². The molecule has 0 amide bonds. The number of aromatic nitrogens is 8. The lowest BCUT2D eigenvalue weighted by atomic mass is 9.79. The van der Waals surface area contributed by atoms with Gasteiger partial charge in [0, 0.05) is 55.5 Å². The van der Waals surface area contributed by atoms with Crippen LogP contribution in [-0.2, 0) is 18.4 Å². The molecule has 0 radical (unpaired) electrons. The van der Waals surface area contributed by atoms with Crippen LogP contribution < -0.4 is 10.2 Å². The molecule has 0 aliphatic carbocycles. The third kappa shape index (κ3) is 5.31. The number of aliphatic hydroxyl groups is 1. The first kappa shape index (κ1) is 30.6. The minimum absolute atomic E-state index is 0.283. The average molecular weight is 666 g/mol. The Hall–Kier alpha value is -4.72. The van der Waals surface area contributed by atoms with E-state index in [1.807, 2.05) is 48.3 Å². The van der Waals surface area contributed by atoms with Gasteiger partial charge in [0.15, 0.2) is 17.7 Å². The first-order valence-corrected chi connectivity index (χ1v) is 16.6. The number of anilines is 2. The van der Waals surface area contributed by atoms with Gasteiger partial charge in [-0.25, -0.2) is 14.6 Å². The summed E-state index contributed by atoms with van der Waals surface area (Å²) in [6.07, 6.45) is 9.34. The topological polar surface area (TPSA) is 156 Å². The Morgan fingerprint density at radius 2 is 1.96 bits per heavy atom. The summed E-state index contributed by atoms with van der Waals surface area (Å²) in [4.78, 5) is 21.2. The van der Waals surface area contributed by atoms with E-state index in [0.717, 1.165) is 52.4 Å². The summed E-state index contributed by atoms with van der Waals surface area (Å²) in [5.74, 6) is 1.05. The van der Waals surface area contributed by atoms with Gasteiger partial charge in [0.25, 0.3) is 0 Å². The number of pyridine rings is 2. The molecule has 2 fully saturated rings. The standard InChI is InChI=1S/C34H36ClN11O2/c1-34(33(36)39-20-16-25-24(38-17-20)6-5-12-37-25)10-13-45(14-11-34)31-26(19-47)40-30-29(21-8-9-23-22(28(21)35)18-44(2)42-23)43-46(32(30)41-31)27-7-3-4-15-48-27/h5-6,8-9,12,16-18,27,47H,3-4,7,10-11,13-15,19H2,1-2H3,(H2,36,39). The lowest BCUT2D eigenvalue weighted by Crippen LogP contribution is -2.45. The van der Waals surface area contributed by atoms with Crippen molar-refractivity contribution in [2.24, 2.45) is 12.5 Å². The van der Waals surface area contributed by atoms with Gasteiger partial charge in [-0.2, -0.15) is 10.2 Å². The molecule has 3 N–H and O–H groups in total. The van der Waals surface area contributed by atoms with Crippen molar-refractivity contribution >= 4 is 62.0 Å². The number of nitrogens with zero attached hydrogens (tertiary/aromatic N) is 9. The fraction of sp³-hybridized carbons (Fsp3) is 0.382. The number of hydrogen-bond acceptors (Lipinski definition) is 10. The van der Waals surface area contributed by atoms with Crippen LogP contribution in [0, 0.1) is 10.8 Å². The normalized spacial score (nSPS) is 18.2. The number of benzene rings is 1. The number of fused-ring (bicyclic) bond motifs is 3. The molecule has 2 saturated heterocycles. The van der Waals surface area contributed by atoms with Gasteiger partial charge >= 0.3 is 0 Å². The van der Waals surface area contributed by atoms with Gasteiger partial charge in [-0.15, -0.1) is 0 Å². The molecule has 13 nitrogen and oxygen atoms in total. The van der Waals surface area contributed by atoms with Gasteiger partial charge < -0.3 is 20.1 Å². The van der Waals surface area contributed by atoms with Gasteiger partial charge in [-0.1, -0.05) is 18.5 Å². The molecule has 1 atom stereocenters. The largest absolute Gasteiger partial charge is 0.390 e. The Morgan fingerprint density at radius 3 is 2.75 bits per heavy atom. The van der Waals surface area contributed by atoms with Crippen molar-refractivity contribution < 1.29 is 9.84 Å². The highest BCUT2D eigenvalue weighted by atomic mass is 35.5. The van der Waals surface area contributed by atoms with Crippen LogP contribution in [-0.4, -0.2) is 70.1 Å². The minimum Gasteiger partial charge on any atom is -0.390 e. The van der Waals surface area contributed by atoms with E-state index in [1.165, 1.54) is 0 Å². The Morgan fingerprint density at radius 1 is 1.10 bits per heavy atom. The summed E-state index contributed by atoms with van der Waals surface area (Å²) in [6, 6.07) is 9.54. The van der Waals surface area contributed by atoms with E-state index in [0.29, 0.717) is 71.8 Å². The van der Waals surface area contributed by atoms with Crippen molar-refractivity contribution in [3.8, 4) is 11.3 Å². The van der Waals surface area contributed by atoms with Crippen LogP contribution in [0.5, 0.6) is 0 Å². The molecule has 246 valence electrons. The molecule has 8 rings (SSSR count). The van der Waals surface area contributed by atoms with Crippen LogP contribution in [0.4, 0.5) is 11.5 Å². The number of rotatable bonds is 6. The van der Waals surface area contributed by atoms with E-state index in [-0.39, 0.29) is 18.2 Å². The summed E-state index contributed by atoms with van der Waals surface area (Å²) >= 11 is 6.97. The number of nitrogens with one attached hydrogen (secondary N) is 2. The first-order chi connectivity index (χ1) is 23.3. The molecule has 0 bridgehead atoms. The number of aryl methyl sites for hydroxylation is 1. The summed E-state index contributed by atoms with van der Waals surface area (Å²) in [5.41, 5.74) is 5.67.